The fourth-order valence-corrected chi connectivity index (χ4v) is 5.53. The molecule has 2 aromatic carbocycles. The molecule has 0 N–H and O–H groups in total. The van der Waals surface area contributed by atoms with Crippen molar-refractivity contribution < 1.29 is 22.8 Å². The van der Waals surface area contributed by atoms with Crippen LogP contribution < -0.4 is 4.90 Å². The molecule has 2 saturated heterocycles. The van der Waals surface area contributed by atoms with Gasteiger partial charge >= 0.3 is 0 Å². The maximum atomic E-state index is 13.0. The summed E-state index contributed by atoms with van der Waals surface area (Å²) in [5.41, 5.74) is 1.96. The normalized spacial score (nSPS) is 17.8. The Balaban J connectivity index is 1.39. The molecule has 0 unspecified atom stereocenters. The van der Waals surface area contributed by atoms with E-state index in [1.807, 2.05) is 12.1 Å². The number of rotatable bonds is 5. The Kier molecular flexibility index (Phi) is 6.36. The van der Waals surface area contributed by atoms with E-state index in [0.717, 1.165) is 10.5 Å². The minimum Gasteiger partial charge on any atom is -0.336 e. The first-order valence-electron chi connectivity index (χ1n) is 11.0. The zero-order valence-corrected chi connectivity index (χ0v) is 19.5. The molecule has 2 aliphatic heterocycles. The number of benzene rings is 2. The summed E-state index contributed by atoms with van der Waals surface area (Å²) in [5, 5.41) is 0. The number of hydrogen-bond acceptors (Lipinski definition) is 5. The van der Waals surface area contributed by atoms with Crippen LogP contribution in [0.15, 0.2) is 53.4 Å². The lowest BCUT2D eigenvalue weighted by Gasteiger charge is -2.34. The predicted molar refractivity (Wildman–Crippen MR) is 123 cm³/mol. The van der Waals surface area contributed by atoms with E-state index in [0.29, 0.717) is 17.2 Å². The molecule has 0 atom stereocenters. The molecule has 2 aromatic rings. The number of sulfonamides is 1. The molecule has 174 valence electrons. The van der Waals surface area contributed by atoms with Gasteiger partial charge in [-0.25, -0.2) is 8.42 Å². The van der Waals surface area contributed by atoms with Gasteiger partial charge in [-0.1, -0.05) is 26.0 Å². The van der Waals surface area contributed by atoms with Crippen LogP contribution in [0.3, 0.4) is 0 Å². The van der Waals surface area contributed by atoms with Gasteiger partial charge in [-0.2, -0.15) is 4.31 Å². The lowest BCUT2D eigenvalue weighted by Crippen LogP contribution is -2.50. The van der Waals surface area contributed by atoms with Gasteiger partial charge in [0.2, 0.25) is 21.8 Å². The molecule has 3 amide bonds. The number of imide groups is 1. The molecule has 0 saturated carbocycles. The third-order valence-electron chi connectivity index (χ3n) is 6.13. The van der Waals surface area contributed by atoms with Gasteiger partial charge in [0.1, 0.15) is 0 Å². The van der Waals surface area contributed by atoms with Crippen LogP contribution >= 0.6 is 0 Å². The molecule has 0 aliphatic carbocycles. The highest BCUT2D eigenvalue weighted by atomic mass is 32.2. The molecule has 8 nitrogen and oxygen atoms in total. The topological polar surface area (TPSA) is 95.1 Å². The van der Waals surface area contributed by atoms with E-state index in [9.17, 15) is 22.8 Å². The fourth-order valence-electron chi connectivity index (χ4n) is 4.11. The van der Waals surface area contributed by atoms with Crippen molar-refractivity contribution in [3.8, 4) is 0 Å². The molecule has 2 fully saturated rings. The van der Waals surface area contributed by atoms with Crippen molar-refractivity contribution in [1.29, 1.82) is 0 Å². The Morgan fingerprint density at radius 2 is 1.36 bits per heavy atom. The highest BCUT2D eigenvalue weighted by Gasteiger charge is 2.32. The van der Waals surface area contributed by atoms with Crippen LogP contribution in [0.2, 0.25) is 0 Å². The van der Waals surface area contributed by atoms with Gasteiger partial charge < -0.3 is 4.90 Å². The minimum absolute atomic E-state index is 0.203. The number of carbonyl (C=O) groups excluding carboxylic acids is 3. The summed E-state index contributed by atoms with van der Waals surface area (Å²) < 4.78 is 27.4. The molecule has 2 aliphatic rings. The second kappa shape index (κ2) is 9.07. The highest BCUT2D eigenvalue weighted by molar-refractivity contribution is 7.89. The van der Waals surface area contributed by atoms with Crippen molar-refractivity contribution in [2.45, 2.75) is 37.5 Å². The number of carbonyl (C=O) groups is 3. The average molecular weight is 470 g/mol. The van der Waals surface area contributed by atoms with Crippen LogP contribution in [-0.2, 0) is 19.6 Å². The lowest BCUT2D eigenvalue weighted by atomic mass is 10.0. The summed E-state index contributed by atoms with van der Waals surface area (Å²) in [5.74, 6) is -0.369. The van der Waals surface area contributed by atoms with Crippen LogP contribution in [0.25, 0.3) is 0 Å². The van der Waals surface area contributed by atoms with Crippen molar-refractivity contribution in [3.05, 3.63) is 59.7 Å². The van der Waals surface area contributed by atoms with E-state index in [1.165, 1.54) is 4.31 Å². The maximum Gasteiger partial charge on any atom is 0.253 e. The molecule has 0 aromatic heterocycles. The van der Waals surface area contributed by atoms with Crippen molar-refractivity contribution in [2.75, 3.05) is 31.1 Å². The number of hydrogen-bond donors (Lipinski definition) is 0. The Morgan fingerprint density at radius 3 is 1.88 bits per heavy atom. The van der Waals surface area contributed by atoms with Crippen molar-refractivity contribution in [1.82, 2.24) is 9.21 Å². The maximum absolute atomic E-state index is 13.0. The van der Waals surface area contributed by atoms with Gasteiger partial charge in [-0.3, -0.25) is 19.3 Å². The molecule has 9 heteroatoms. The number of nitrogens with zero attached hydrogens (tertiary/aromatic N) is 3. The molecular formula is C24H27N3O5S. The van der Waals surface area contributed by atoms with Crippen molar-refractivity contribution in [3.63, 3.8) is 0 Å². The zero-order valence-electron chi connectivity index (χ0n) is 18.7. The summed E-state index contributed by atoms with van der Waals surface area (Å²) in [6, 6.07) is 13.3. The fraction of sp³-hybridized carbons (Fsp3) is 0.375. The Morgan fingerprint density at radius 1 is 0.818 bits per heavy atom. The summed E-state index contributed by atoms with van der Waals surface area (Å²) >= 11 is 0. The van der Waals surface area contributed by atoms with E-state index >= 15 is 0 Å². The van der Waals surface area contributed by atoms with Crippen LogP contribution in [0, 0.1) is 0 Å². The van der Waals surface area contributed by atoms with Gasteiger partial charge in [0.05, 0.1) is 10.6 Å². The second-order valence-electron chi connectivity index (χ2n) is 8.59. The summed E-state index contributed by atoms with van der Waals surface area (Å²) in [6.45, 7) is 5.11. The first-order chi connectivity index (χ1) is 15.7. The summed E-state index contributed by atoms with van der Waals surface area (Å²) in [6.07, 6.45) is 0.406. The van der Waals surface area contributed by atoms with Crippen LogP contribution in [-0.4, -0.2) is 61.5 Å². The Labute approximate surface area is 193 Å². The van der Waals surface area contributed by atoms with Crippen LogP contribution in [0.1, 0.15) is 48.5 Å². The smallest absolute Gasteiger partial charge is 0.253 e. The van der Waals surface area contributed by atoms with E-state index in [-0.39, 0.29) is 61.6 Å². The molecule has 33 heavy (non-hydrogen) atoms. The van der Waals surface area contributed by atoms with E-state index in [4.69, 9.17) is 0 Å². The standard InChI is InChI=1S/C24H27N3O5S/c1-17(2)18-5-9-21(10-6-18)33(31,32)26-15-13-25(14-16-26)24(30)19-3-7-20(8-4-19)27-22(28)11-12-23(27)29/h3-10,17H,11-16H2,1-2H3. The molecule has 4 rings (SSSR count). The minimum atomic E-state index is -3.62. The van der Waals surface area contributed by atoms with Gasteiger partial charge in [0.25, 0.3) is 5.91 Å². The monoisotopic (exact) mass is 469 g/mol. The first-order valence-corrected chi connectivity index (χ1v) is 12.5. The molecular weight excluding hydrogens is 442 g/mol. The molecule has 0 bridgehead atoms. The number of piperazine rings is 1. The van der Waals surface area contributed by atoms with Gasteiger partial charge in [0.15, 0.2) is 0 Å². The lowest BCUT2D eigenvalue weighted by molar-refractivity contribution is -0.121. The third-order valence-corrected chi connectivity index (χ3v) is 8.05. The molecule has 2 heterocycles. The molecule has 0 radical (unpaired) electrons. The highest BCUT2D eigenvalue weighted by Crippen LogP contribution is 2.24. The summed E-state index contributed by atoms with van der Waals surface area (Å²) in [7, 11) is -3.62. The van der Waals surface area contributed by atoms with Gasteiger partial charge in [-0.05, 0) is 47.9 Å². The largest absolute Gasteiger partial charge is 0.336 e. The van der Waals surface area contributed by atoms with Crippen molar-refractivity contribution >= 4 is 33.4 Å². The zero-order chi connectivity index (χ0) is 23.8. The Hall–Kier alpha value is -3.04. The Bertz CT molecular complexity index is 1150. The van der Waals surface area contributed by atoms with Crippen LogP contribution in [0.5, 0.6) is 0 Å². The summed E-state index contributed by atoms with van der Waals surface area (Å²) in [4.78, 5) is 39.7. The quantitative estimate of drug-likeness (QED) is 0.628. The second-order valence-corrected chi connectivity index (χ2v) is 10.5. The SMILES string of the molecule is CC(C)c1ccc(S(=O)(=O)N2CCN(C(=O)c3ccc(N4C(=O)CCC4=O)cc3)CC2)cc1. The van der Waals surface area contributed by atoms with E-state index < -0.39 is 10.0 Å². The molecule has 0 spiro atoms. The predicted octanol–water partition coefficient (Wildman–Crippen LogP) is 2.61. The number of anilines is 1. The third kappa shape index (κ3) is 4.56. The van der Waals surface area contributed by atoms with Gasteiger partial charge in [0, 0.05) is 44.6 Å². The first kappa shape index (κ1) is 23.1. The van der Waals surface area contributed by atoms with E-state index in [2.05, 4.69) is 13.8 Å². The van der Waals surface area contributed by atoms with Crippen molar-refractivity contribution in [2.24, 2.45) is 0 Å². The van der Waals surface area contributed by atoms with E-state index in [1.54, 1.807) is 41.3 Å². The number of amides is 3. The van der Waals surface area contributed by atoms with Crippen LogP contribution in [0.4, 0.5) is 5.69 Å². The average Bonchev–Trinajstić information content (AvgIpc) is 3.16. The van der Waals surface area contributed by atoms with Gasteiger partial charge in [-0.15, -0.1) is 0 Å².